The Labute approximate surface area is 143 Å². The highest BCUT2D eigenvalue weighted by Gasteiger charge is 2.20. The first kappa shape index (κ1) is 15.8. The van der Waals surface area contributed by atoms with Crippen LogP contribution in [0.4, 0.5) is 11.4 Å². The van der Waals surface area contributed by atoms with Crippen molar-refractivity contribution in [2.24, 2.45) is 0 Å². The van der Waals surface area contributed by atoms with Crippen molar-refractivity contribution in [1.82, 2.24) is 4.90 Å². The first-order valence-electron chi connectivity index (χ1n) is 8.06. The van der Waals surface area contributed by atoms with Crippen LogP contribution in [0, 0.1) is 13.8 Å². The van der Waals surface area contributed by atoms with Crippen molar-refractivity contribution in [2.75, 3.05) is 36.4 Å². The van der Waals surface area contributed by atoms with Gasteiger partial charge in [-0.3, -0.25) is 0 Å². The van der Waals surface area contributed by atoms with E-state index >= 15 is 0 Å². The Morgan fingerprint density at radius 1 is 0.957 bits per heavy atom. The molecular formula is C19H23N3S. The van der Waals surface area contributed by atoms with E-state index in [1.165, 1.54) is 16.8 Å². The highest BCUT2D eigenvalue weighted by atomic mass is 32.1. The molecule has 0 radical (unpaired) electrons. The summed E-state index contributed by atoms with van der Waals surface area (Å²) in [5.41, 5.74) is 5.06. The van der Waals surface area contributed by atoms with Gasteiger partial charge in [-0.25, -0.2) is 0 Å². The lowest BCUT2D eigenvalue weighted by Crippen LogP contribution is -2.50. The molecule has 1 aliphatic heterocycles. The quantitative estimate of drug-likeness (QED) is 0.846. The summed E-state index contributed by atoms with van der Waals surface area (Å²) in [6.45, 7) is 8.23. The Morgan fingerprint density at radius 2 is 1.65 bits per heavy atom. The summed E-state index contributed by atoms with van der Waals surface area (Å²) in [5, 5.41) is 4.14. The second-order valence-corrected chi connectivity index (χ2v) is 6.45. The maximum Gasteiger partial charge on any atom is 0.173 e. The molecule has 1 fully saturated rings. The van der Waals surface area contributed by atoms with Crippen LogP contribution in [0.25, 0.3) is 0 Å². The molecule has 3 nitrogen and oxygen atoms in total. The van der Waals surface area contributed by atoms with Gasteiger partial charge in [0.25, 0.3) is 0 Å². The molecule has 0 spiro atoms. The molecule has 0 saturated carbocycles. The van der Waals surface area contributed by atoms with E-state index in [4.69, 9.17) is 12.2 Å². The molecule has 2 aromatic carbocycles. The number of nitrogens with one attached hydrogen (secondary N) is 1. The fourth-order valence-electron chi connectivity index (χ4n) is 3.03. The van der Waals surface area contributed by atoms with E-state index in [2.05, 4.69) is 47.2 Å². The summed E-state index contributed by atoms with van der Waals surface area (Å²) in [4.78, 5) is 4.71. The molecule has 0 amide bonds. The fourth-order valence-corrected chi connectivity index (χ4v) is 3.34. The number of rotatable bonds is 2. The van der Waals surface area contributed by atoms with Crippen molar-refractivity contribution in [3.8, 4) is 0 Å². The van der Waals surface area contributed by atoms with Gasteiger partial charge < -0.3 is 15.1 Å². The Kier molecular flexibility index (Phi) is 4.82. The first-order chi connectivity index (χ1) is 11.1. The average Bonchev–Trinajstić information content (AvgIpc) is 2.56. The molecule has 1 saturated heterocycles. The van der Waals surface area contributed by atoms with E-state index in [1.54, 1.807) is 0 Å². The zero-order valence-corrected chi connectivity index (χ0v) is 14.6. The minimum atomic E-state index is 0.816. The van der Waals surface area contributed by atoms with E-state index < -0.39 is 0 Å². The van der Waals surface area contributed by atoms with Crippen molar-refractivity contribution in [2.45, 2.75) is 13.8 Å². The van der Waals surface area contributed by atoms with Gasteiger partial charge >= 0.3 is 0 Å². The molecule has 0 aliphatic carbocycles. The monoisotopic (exact) mass is 325 g/mol. The van der Waals surface area contributed by atoms with Gasteiger partial charge in [0.05, 0.1) is 0 Å². The Hall–Kier alpha value is -2.07. The Morgan fingerprint density at radius 3 is 2.30 bits per heavy atom. The highest BCUT2D eigenvalue weighted by Crippen LogP contribution is 2.22. The number of aryl methyl sites for hydroxylation is 2. The number of anilines is 2. The Bertz CT molecular complexity index is 676. The normalized spacial score (nSPS) is 14.7. The SMILES string of the molecule is Cc1ccc(N2CCN(C(=S)Nc3ccccc3)CC2)c(C)c1. The summed E-state index contributed by atoms with van der Waals surface area (Å²) < 4.78 is 0. The van der Waals surface area contributed by atoms with Gasteiger partial charge in [0.1, 0.15) is 0 Å². The van der Waals surface area contributed by atoms with Crippen LogP contribution in [0.1, 0.15) is 11.1 Å². The minimum Gasteiger partial charge on any atom is -0.368 e. The molecule has 4 heteroatoms. The average molecular weight is 325 g/mol. The smallest absolute Gasteiger partial charge is 0.173 e. The number of hydrogen-bond acceptors (Lipinski definition) is 2. The van der Waals surface area contributed by atoms with Gasteiger partial charge in [-0.15, -0.1) is 0 Å². The summed E-state index contributed by atoms with van der Waals surface area (Å²) in [6, 6.07) is 16.8. The molecule has 0 unspecified atom stereocenters. The molecule has 0 atom stereocenters. The first-order valence-corrected chi connectivity index (χ1v) is 8.47. The summed E-state index contributed by atoms with van der Waals surface area (Å²) in [7, 11) is 0. The minimum absolute atomic E-state index is 0.816. The number of piperazine rings is 1. The van der Waals surface area contributed by atoms with Gasteiger partial charge in [-0.1, -0.05) is 35.9 Å². The Balaban J connectivity index is 1.59. The lowest BCUT2D eigenvalue weighted by molar-refractivity contribution is 0.390. The predicted octanol–water partition coefficient (Wildman–Crippen LogP) is 3.82. The van der Waals surface area contributed by atoms with Crippen LogP contribution >= 0.6 is 12.2 Å². The molecule has 120 valence electrons. The number of benzene rings is 2. The molecule has 2 aromatic rings. The molecule has 0 bridgehead atoms. The summed E-state index contributed by atoms with van der Waals surface area (Å²) in [5.74, 6) is 0. The van der Waals surface area contributed by atoms with Gasteiger partial charge in [-0.05, 0) is 49.8 Å². The maximum atomic E-state index is 5.55. The second-order valence-electron chi connectivity index (χ2n) is 6.06. The van der Waals surface area contributed by atoms with Crippen molar-refractivity contribution in [1.29, 1.82) is 0 Å². The summed E-state index contributed by atoms with van der Waals surface area (Å²) >= 11 is 5.55. The van der Waals surface area contributed by atoms with Crippen LogP contribution in [0.15, 0.2) is 48.5 Å². The zero-order valence-electron chi connectivity index (χ0n) is 13.7. The lowest BCUT2D eigenvalue weighted by atomic mass is 10.1. The highest BCUT2D eigenvalue weighted by molar-refractivity contribution is 7.80. The molecule has 1 aliphatic rings. The van der Waals surface area contributed by atoms with Crippen LogP contribution < -0.4 is 10.2 Å². The van der Waals surface area contributed by atoms with E-state index in [0.717, 1.165) is 37.0 Å². The zero-order chi connectivity index (χ0) is 16.2. The van der Waals surface area contributed by atoms with Gasteiger partial charge in [-0.2, -0.15) is 0 Å². The van der Waals surface area contributed by atoms with E-state index in [0.29, 0.717) is 0 Å². The molecule has 23 heavy (non-hydrogen) atoms. The predicted molar refractivity (Wildman–Crippen MR) is 102 cm³/mol. The van der Waals surface area contributed by atoms with Crippen LogP contribution in [-0.4, -0.2) is 36.2 Å². The molecule has 1 N–H and O–H groups in total. The van der Waals surface area contributed by atoms with Crippen molar-refractivity contribution in [3.05, 3.63) is 59.7 Å². The largest absolute Gasteiger partial charge is 0.368 e. The van der Waals surface area contributed by atoms with E-state index in [-0.39, 0.29) is 0 Å². The number of nitrogens with zero attached hydrogens (tertiary/aromatic N) is 2. The van der Waals surface area contributed by atoms with Crippen molar-refractivity contribution in [3.63, 3.8) is 0 Å². The number of thiocarbonyl (C=S) groups is 1. The molecule has 1 heterocycles. The van der Waals surface area contributed by atoms with E-state index in [9.17, 15) is 0 Å². The van der Waals surface area contributed by atoms with Crippen LogP contribution in [0.5, 0.6) is 0 Å². The van der Waals surface area contributed by atoms with Crippen LogP contribution in [-0.2, 0) is 0 Å². The third-order valence-electron chi connectivity index (χ3n) is 4.28. The lowest BCUT2D eigenvalue weighted by Gasteiger charge is -2.38. The third kappa shape index (κ3) is 3.82. The standard InChI is InChI=1S/C19H23N3S/c1-15-8-9-18(16(2)14-15)21-10-12-22(13-11-21)19(23)20-17-6-4-3-5-7-17/h3-9,14H,10-13H2,1-2H3,(H,20,23). The van der Waals surface area contributed by atoms with Crippen LogP contribution in [0.2, 0.25) is 0 Å². The van der Waals surface area contributed by atoms with Gasteiger partial charge in [0.2, 0.25) is 0 Å². The number of hydrogen-bond donors (Lipinski definition) is 1. The summed E-state index contributed by atoms with van der Waals surface area (Å²) in [6.07, 6.45) is 0. The van der Waals surface area contributed by atoms with Crippen molar-refractivity contribution >= 4 is 28.7 Å². The van der Waals surface area contributed by atoms with Gasteiger partial charge in [0, 0.05) is 37.6 Å². The number of para-hydroxylation sites is 1. The van der Waals surface area contributed by atoms with Gasteiger partial charge in [0.15, 0.2) is 5.11 Å². The molecular weight excluding hydrogens is 302 g/mol. The van der Waals surface area contributed by atoms with Crippen LogP contribution in [0.3, 0.4) is 0 Å². The molecule has 3 rings (SSSR count). The van der Waals surface area contributed by atoms with Crippen molar-refractivity contribution < 1.29 is 0 Å². The topological polar surface area (TPSA) is 18.5 Å². The maximum absolute atomic E-state index is 5.55. The third-order valence-corrected chi connectivity index (χ3v) is 4.65. The molecule has 0 aromatic heterocycles. The second kappa shape index (κ2) is 7.01. The fraction of sp³-hybridized carbons (Fsp3) is 0.316. The van der Waals surface area contributed by atoms with E-state index in [1.807, 2.05) is 30.3 Å².